The molecule has 4 nitrogen and oxygen atoms in total. The van der Waals surface area contributed by atoms with E-state index in [0.717, 1.165) is 13.1 Å². The molecule has 1 aliphatic heterocycles. The average Bonchev–Trinajstić information content (AvgIpc) is 2.94. The van der Waals surface area contributed by atoms with Gasteiger partial charge in [-0.05, 0) is 57.6 Å². The Balaban J connectivity index is 2.03. The normalized spacial score (nSPS) is 20.9. The number of phenols is 1. The van der Waals surface area contributed by atoms with E-state index in [2.05, 4.69) is 30.7 Å². The first-order chi connectivity index (χ1) is 10.1. The number of phenolic OH excluding ortho intramolecular Hbond substituents is 1. The summed E-state index contributed by atoms with van der Waals surface area (Å²) in [5.41, 5.74) is 1.17. The summed E-state index contributed by atoms with van der Waals surface area (Å²) in [7, 11) is 3.76. The van der Waals surface area contributed by atoms with E-state index in [4.69, 9.17) is 4.74 Å². The number of likely N-dealkylation sites (tertiary alicyclic amines) is 1. The monoisotopic (exact) mass is 292 g/mol. The molecule has 21 heavy (non-hydrogen) atoms. The topological polar surface area (TPSA) is 35.9 Å². The number of methoxy groups -OCH3 is 1. The third-order valence-electron chi connectivity index (χ3n) is 4.75. The largest absolute Gasteiger partial charge is 0.504 e. The van der Waals surface area contributed by atoms with Gasteiger partial charge < -0.3 is 9.84 Å². The molecule has 1 saturated heterocycles. The SMILES string of the molecule is CCN1CCCC1CN(C)C(C)c1ccc(O)c(OC)c1. The van der Waals surface area contributed by atoms with Gasteiger partial charge in [-0.3, -0.25) is 9.80 Å². The maximum atomic E-state index is 9.71. The van der Waals surface area contributed by atoms with E-state index in [1.54, 1.807) is 13.2 Å². The lowest BCUT2D eigenvalue weighted by Gasteiger charge is -2.31. The Labute approximate surface area is 128 Å². The van der Waals surface area contributed by atoms with Crippen LogP contribution in [0.3, 0.4) is 0 Å². The standard InChI is InChI=1S/C17H28N2O2/c1-5-19-10-6-7-15(19)12-18(3)13(2)14-8-9-16(20)17(11-14)21-4/h8-9,11,13,15,20H,5-7,10,12H2,1-4H3. The van der Waals surface area contributed by atoms with Gasteiger partial charge in [0, 0.05) is 18.6 Å². The highest BCUT2D eigenvalue weighted by atomic mass is 16.5. The molecule has 0 aliphatic carbocycles. The molecule has 0 aromatic heterocycles. The Kier molecular flexibility index (Phi) is 5.48. The molecular formula is C17H28N2O2. The number of rotatable bonds is 6. The maximum Gasteiger partial charge on any atom is 0.160 e. The summed E-state index contributed by atoms with van der Waals surface area (Å²) in [6.45, 7) is 7.90. The lowest BCUT2D eigenvalue weighted by Crippen LogP contribution is -2.39. The first kappa shape index (κ1) is 16.1. The Morgan fingerprint density at radius 2 is 2.24 bits per heavy atom. The van der Waals surface area contributed by atoms with Crippen LogP contribution in [-0.4, -0.2) is 54.7 Å². The van der Waals surface area contributed by atoms with E-state index in [1.807, 2.05) is 12.1 Å². The first-order valence-electron chi connectivity index (χ1n) is 7.88. The van der Waals surface area contributed by atoms with Crippen LogP contribution in [-0.2, 0) is 0 Å². The van der Waals surface area contributed by atoms with Gasteiger partial charge in [-0.1, -0.05) is 13.0 Å². The smallest absolute Gasteiger partial charge is 0.160 e. The van der Waals surface area contributed by atoms with Crippen LogP contribution >= 0.6 is 0 Å². The van der Waals surface area contributed by atoms with Gasteiger partial charge in [0.2, 0.25) is 0 Å². The van der Waals surface area contributed by atoms with Crippen molar-refractivity contribution in [2.24, 2.45) is 0 Å². The number of likely N-dealkylation sites (N-methyl/N-ethyl adjacent to an activating group) is 2. The summed E-state index contributed by atoms with van der Waals surface area (Å²) in [5, 5.41) is 9.71. The molecule has 1 aromatic rings. The molecule has 2 atom stereocenters. The average molecular weight is 292 g/mol. The molecule has 4 heteroatoms. The van der Waals surface area contributed by atoms with Crippen molar-refractivity contribution in [3.63, 3.8) is 0 Å². The van der Waals surface area contributed by atoms with Gasteiger partial charge in [-0.15, -0.1) is 0 Å². The van der Waals surface area contributed by atoms with E-state index in [-0.39, 0.29) is 5.75 Å². The highest BCUT2D eigenvalue weighted by Crippen LogP contribution is 2.31. The molecule has 0 amide bonds. The predicted octanol–water partition coefficient (Wildman–Crippen LogP) is 2.88. The first-order valence-corrected chi connectivity index (χ1v) is 7.88. The zero-order valence-electron chi connectivity index (χ0n) is 13.7. The summed E-state index contributed by atoms with van der Waals surface area (Å²) in [6, 6.07) is 6.60. The van der Waals surface area contributed by atoms with Gasteiger partial charge in [0.15, 0.2) is 11.5 Å². The van der Waals surface area contributed by atoms with E-state index in [0.29, 0.717) is 17.8 Å². The molecule has 1 aromatic carbocycles. The van der Waals surface area contributed by atoms with Gasteiger partial charge in [0.25, 0.3) is 0 Å². The number of ether oxygens (including phenoxy) is 1. The zero-order chi connectivity index (χ0) is 15.4. The number of hydrogen-bond donors (Lipinski definition) is 1. The summed E-state index contributed by atoms with van der Waals surface area (Å²) < 4.78 is 5.21. The van der Waals surface area contributed by atoms with Gasteiger partial charge >= 0.3 is 0 Å². The molecule has 1 heterocycles. The van der Waals surface area contributed by atoms with Crippen LogP contribution in [0, 0.1) is 0 Å². The van der Waals surface area contributed by atoms with Crippen molar-refractivity contribution in [1.82, 2.24) is 9.80 Å². The highest BCUT2D eigenvalue weighted by molar-refractivity contribution is 5.42. The summed E-state index contributed by atoms with van der Waals surface area (Å²) in [6.07, 6.45) is 2.61. The molecule has 2 unspecified atom stereocenters. The van der Waals surface area contributed by atoms with Gasteiger partial charge in [-0.25, -0.2) is 0 Å². The molecular weight excluding hydrogens is 264 g/mol. The quantitative estimate of drug-likeness (QED) is 0.874. The maximum absolute atomic E-state index is 9.71. The molecule has 0 saturated carbocycles. The molecule has 0 spiro atoms. The fourth-order valence-electron chi connectivity index (χ4n) is 3.22. The summed E-state index contributed by atoms with van der Waals surface area (Å²) in [4.78, 5) is 4.96. The van der Waals surface area contributed by atoms with Crippen molar-refractivity contribution in [3.8, 4) is 11.5 Å². The molecule has 0 bridgehead atoms. The lowest BCUT2D eigenvalue weighted by atomic mass is 10.1. The molecule has 1 fully saturated rings. The molecule has 118 valence electrons. The second kappa shape index (κ2) is 7.14. The Bertz CT molecular complexity index is 464. The fraction of sp³-hybridized carbons (Fsp3) is 0.647. The van der Waals surface area contributed by atoms with Crippen LogP contribution in [0.15, 0.2) is 18.2 Å². The van der Waals surface area contributed by atoms with Crippen LogP contribution in [0.25, 0.3) is 0 Å². The van der Waals surface area contributed by atoms with E-state index in [9.17, 15) is 5.11 Å². The van der Waals surface area contributed by atoms with Crippen LogP contribution < -0.4 is 4.74 Å². The van der Waals surface area contributed by atoms with Crippen LogP contribution in [0.2, 0.25) is 0 Å². The van der Waals surface area contributed by atoms with Crippen molar-refractivity contribution < 1.29 is 9.84 Å². The second-order valence-electron chi connectivity index (χ2n) is 5.97. The molecule has 1 N–H and O–H groups in total. The molecule has 1 aliphatic rings. The van der Waals surface area contributed by atoms with Crippen molar-refractivity contribution in [3.05, 3.63) is 23.8 Å². The second-order valence-corrected chi connectivity index (χ2v) is 5.97. The van der Waals surface area contributed by atoms with Crippen LogP contribution in [0.1, 0.15) is 38.3 Å². The van der Waals surface area contributed by atoms with E-state index >= 15 is 0 Å². The molecule has 0 radical (unpaired) electrons. The van der Waals surface area contributed by atoms with E-state index < -0.39 is 0 Å². The molecule has 2 rings (SSSR count). The van der Waals surface area contributed by atoms with Crippen molar-refractivity contribution in [2.45, 2.75) is 38.8 Å². The summed E-state index contributed by atoms with van der Waals surface area (Å²) >= 11 is 0. The van der Waals surface area contributed by atoms with Crippen LogP contribution in [0.5, 0.6) is 11.5 Å². The minimum atomic E-state index is 0.198. The zero-order valence-corrected chi connectivity index (χ0v) is 13.7. The Morgan fingerprint density at radius 3 is 2.90 bits per heavy atom. The van der Waals surface area contributed by atoms with Gasteiger partial charge in [-0.2, -0.15) is 0 Å². The van der Waals surface area contributed by atoms with Crippen molar-refractivity contribution >= 4 is 0 Å². The third-order valence-corrected chi connectivity index (χ3v) is 4.75. The minimum absolute atomic E-state index is 0.198. The van der Waals surface area contributed by atoms with Gasteiger partial charge in [0.05, 0.1) is 7.11 Å². The minimum Gasteiger partial charge on any atom is -0.504 e. The lowest BCUT2D eigenvalue weighted by molar-refractivity contribution is 0.170. The number of hydrogen-bond acceptors (Lipinski definition) is 4. The number of nitrogens with zero attached hydrogens (tertiary/aromatic N) is 2. The highest BCUT2D eigenvalue weighted by Gasteiger charge is 2.25. The number of aromatic hydroxyl groups is 1. The fourth-order valence-corrected chi connectivity index (χ4v) is 3.22. The van der Waals surface area contributed by atoms with Crippen molar-refractivity contribution in [1.29, 1.82) is 0 Å². The summed E-state index contributed by atoms with van der Waals surface area (Å²) in [5.74, 6) is 0.743. The Morgan fingerprint density at radius 1 is 1.48 bits per heavy atom. The van der Waals surface area contributed by atoms with Crippen LogP contribution in [0.4, 0.5) is 0 Å². The van der Waals surface area contributed by atoms with E-state index in [1.165, 1.54) is 24.9 Å². The Hall–Kier alpha value is -1.26. The predicted molar refractivity (Wildman–Crippen MR) is 86.0 cm³/mol. The number of benzene rings is 1. The van der Waals surface area contributed by atoms with Gasteiger partial charge in [0.1, 0.15) is 0 Å². The third kappa shape index (κ3) is 3.69. The van der Waals surface area contributed by atoms with Crippen molar-refractivity contribution in [2.75, 3.05) is 33.8 Å².